The van der Waals surface area contributed by atoms with Crippen molar-refractivity contribution in [1.29, 1.82) is 5.26 Å². The van der Waals surface area contributed by atoms with Crippen LogP contribution in [0.1, 0.15) is 23.2 Å². The zero-order chi connectivity index (χ0) is 15.4. The maximum atomic E-state index is 10.6. The molecule has 0 atom stereocenters. The number of piperazine rings is 1. The van der Waals surface area contributed by atoms with Crippen molar-refractivity contribution in [2.75, 3.05) is 37.6 Å². The first-order valence-corrected chi connectivity index (χ1v) is 6.96. The first-order valence-electron chi connectivity index (χ1n) is 6.96. The van der Waals surface area contributed by atoms with E-state index in [1.807, 2.05) is 13.8 Å². The maximum absolute atomic E-state index is 10.6. The zero-order valence-corrected chi connectivity index (χ0v) is 12.3. The van der Waals surface area contributed by atoms with Gasteiger partial charge in [-0.2, -0.15) is 10.4 Å². The molecule has 1 aromatic rings. The molecule has 7 heteroatoms. The average molecular weight is 289 g/mol. The van der Waals surface area contributed by atoms with Gasteiger partial charge in [0.15, 0.2) is 5.82 Å². The summed E-state index contributed by atoms with van der Waals surface area (Å²) in [6.07, 6.45) is 0.160. The maximum Gasteiger partial charge on any atom is 0.304 e. The molecule has 0 aromatic carbocycles. The molecular weight excluding hydrogens is 270 g/mol. The zero-order valence-electron chi connectivity index (χ0n) is 12.3. The van der Waals surface area contributed by atoms with Crippen molar-refractivity contribution in [1.82, 2.24) is 15.1 Å². The average Bonchev–Trinajstić information content (AvgIpc) is 2.48. The molecule has 2 rings (SSSR count). The lowest BCUT2D eigenvalue weighted by molar-refractivity contribution is -0.137. The van der Waals surface area contributed by atoms with Crippen molar-refractivity contribution in [2.24, 2.45) is 0 Å². The van der Waals surface area contributed by atoms with Crippen LogP contribution in [0.3, 0.4) is 0 Å². The predicted octanol–water partition coefficient (Wildman–Crippen LogP) is 0.562. The number of carboxylic acid groups (broad SMARTS) is 1. The molecule has 1 N–H and O–H groups in total. The lowest BCUT2D eigenvalue weighted by Crippen LogP contribution is -2.47. The van der Waals surface area contributed by atoms with Crippen molar-refractivity contribution in [3.63, 3.8) is 0 Å². The van der Waals surface area contributed by atoms with E-state index in [9.17, 15) is 10.1 Å². The second-order valence-electron chi connectivity index (χ2n) is 5.19. The van der Waals surface area contributed by atoms with Crippen molar-refractivity contribution in [2.45, 2.75) is 20.3 Å². The Morgan fingerprint density at radius 3 is 2.52 bits per heavy atom. The van der Waals surface area contributed by atoms with Gasteiger partial charge in [0.2, 0.25) is 0 Å². The fourth-order valence-electron chi connectivity index (χ4n) is 2.39. The molecule has 0 bridgehead atoms. The predicted molar refractivity (Wildman–Crippen MR) is 77.1 cm³/mol. The third-order valence-corrected chi connectivity index (χ3v) is 3.86. The van der Waals surface area contributed by atoms with Gasteiger partial charge in [0.05, 0.1) is 12.1 Å². The van der Waals surface area contributed by atoms with Crippen LogP contribution in [0.15, 0.2) is 0 Å². The highest BCUT2D eigenvalue weighted by Crippen LogP contribution is 2.22. The molecule has 2 heterocycles. The number of nitrogens with zero attached hydrogens (tertiary/aromatic N) is 5. The van der Waals surface area contributed by atoms with Gasteiger partial charge in [-0.1, -0.05) is 0 Å². The number of aliphatic carboxylic acids is 1. The highest BCUT2D eigenvalue weighted by atomic mass is 16.4. The van der Waals surface area contributed by atoms with Crippen LogP contribution in [-0.4, -0.2) is 58.9 Å². The Morgan fingerprint density at radius 2 is 1.95 bits per heavy atom. The van der Waals surface area contributed by atoms with E-state index in [2.05, 4.69) is 26.1 Å². The molecule has 21 heavy (non-hydrogen) atoms. The number of hydrogen-bond donors (Lipinski definition) is 1. The molecule has 0 radical (unpaired) electrons. The molecule has 1 aliphatic heterocycles. The van der Waals surface area contributed by atoms with Gasteiger partial charge in [-0.05, 0) is 19.4 Å². The summed E-state index contributed by atoms with van der Waals surface area (Å²) in [5, 5.41) is 26.3. The smallest absolute Gasteiger partial charge is 0.304 e. The number of carbonyl (C=O) groups is 1. The van der Waals surface area contributed by atoms with Crippen LogP contribution in [-0.2, 0) is 4.79 Å². The van der Waals surface area contributed by atoms with E-state index < -0.39 is 5.97 Å². The van der Waals surface area contributed by atoms with E-state index in [1.165, 1.54) is 0 Å². The first kappa shape index (κ1) is 15.2. The van der Waals surface area contributed by atoms with Gasteiger partial charge >= 0.3 is 5.97 Å². The Labute approximate surface area is 123 Å². The number of rotatable bonds is 4. The first-order chi connectivity index (χ1) is 10.0. The van der Waals surface area contributed by atoms with Gasteiger partial charge in [0, 0.05) is 32.7 Å². The SMILES string of the molecule is Cc1nnc(N2CCN(CCC(=O)O)CC2)c(C#N)c1C. The highest BCUT2D eigenvalue weighted by Gasteiger charge is 2.22. The fourth-order valence-corrected chi connectivity index (χ4v) is 2.39. The van der Waals surface area contributed by atoms with E-state index in [0.29, 0.717) is 17.9 Å². The Morgan fingerprint density at radius 1 is 1.29 bits per heavy atom. The number of carboxylic acids is 1. The Kier molecular flexibility index (Phi) is 4.70. The summed E-state index contributed by atoms with van der Waals surface area (Å²) < 4.78 is 0. The summed E-state index contributed by atoms with van der Waals surface area (Å²) in [7, 11) is 0. The van der Waals surface area contributed by atoms with Crippen LogP contribution in [0.25, 0.3) is 0 Å². The third kappa shape index (κ3) is 3.47. The van der Waals surface area contributed by atoms with Crippen LogP contribution >= 0.6 is 0 Å². The molecule has 1 aromatic heterocycles. The normalized spacial score (nSPS) is 15.8. The topological polar surface area (TPSA) is 93.3 Å². The fraction of sp³-hybridized carbons (Fsp3) is 0.571. The minimum absolute atomic E-state index is 0.160. The summed E-state index contributed by atoms with van der Waals surface area (Å²) >= 11 is 0. The molecule has 112 valence electrons. The largest absolute Gasteiger partial charge is 0.481 e. The van der Waals surface area contributed by atoms with Crippen LogP contribution in [0.2, 0.25) is 0 Å². The van der Waals surface area contributed by atoms with Gasteiger partial charge in [-0.15, -0.1) is 5.10 Å². The van der Waals surface area contributed by atoms with Crippen molar-refractivity contribution >= 4 is 11.8 Å². The number of aryl methyl sites for hydroxylation is 1. The van der Waals surface area contributed by atoms with Gasteiger partial charge in [0.25, 0.3) is 0 Å². The van der Waals surface area contributed by atoms with Crippen LogP contribution in [0.5, 0.6) is 0 Å². The molecule has 0 amide bonds. The molecule has 0 saturated carbocycles. The Hall–Kier alpha value is -2.20. The van der Waals surface area contributed by atoms with Crippen molar-refractivity contribution < 1.29 is 9.90 Å². The van der Waals surface area contributed by atoms with Crippen molar-refractivity contribution in [3.05, 3.63) is 16.8 Å². The Bertz CT molecular complexity index is 573. The van der Waals surface area contributed by atoms with Gasteiger partial charge in [-0.25, -0.2) is 0 Å². The molecular formula is C14H19N5O2. The summed E-state index contributed by atoms with van der Waals surface area (Å²) in [4.78, 5) is 14.8. The van der Waals surface area contributed by atoms with E-state index in [-0.39, 0.29) is 6.42 Å². The quantitative estimate of drug-likeness (QED) is 0.865. The number of nitriles is 1. The van der Waals surface area contributed by atoms with Crippen LogP contribution in [0.4, 0.5) is 5.82 Å². The number of aromatic nitrogens is 2. The van der Waals surface area contributed by atoms with Crippen molar-refractivity contribution in [3.8, 4) is 6.07 Å². The molecule has 0 unspecified atom stereocenters. The number of anilines is 1. The minimum atomic E-state index is -0.774. The summed E-state index contributed by atoms with van der Waals surface area (Å²) in [5.74, 6) is -0.136. The van der Waals surface area contributed by atoms with Gasteiger partial charge in [0.1, 0.15) is 11.6 Å². The monoisotopic (exact) mass is 289 g/mol. The summed E-state index contributed by atoms with van der Waals surface area (Å²) in [6.45, 7) is 7.29. The molecule has 1 aliphatic rings. The third-order valence-electron chi connectivity index (χ3n) is 3.86. The molecule has 0 spiro atoms. The summed E-state index contributed by atoms with van der Waals surface area (Å²) in [6, 6.07) is 2.22. The van der Waals surface area contributed by atoms with Gasteiger partial charge < -0.3 is 10.0 Å². The summed E-state index contributed by atoms with van der Waals surface area (Å²) in [5.41, 5.74) is 2.23. The minimum Gasteiger partial charge on any atom is -0.481 e. The second-order valence-corrected chi connectivity index (χ2v) is 5.19. The molecule has 0 aliphatic carbocycles. The van der Waals surface area contributed by atoms with E-state index in [0.717, 1.165) is 37.4 Å². The van der Waals surface area contributed by atoms with Gasteiger partial charge in [-0.3, -0.25) is 9.69 Å². The van der Waals surface area contributed by atoms with E-state index in [4.69, 9.17) is 5.11 Å². The lowest BCUT2D eigenvalue weighted by Gasteiger charge is -2.35. The lowest BCUT2D eigenvalue weighted by atomic mass is 10.1. The second kappa shape index (κ2) is 6.50. The molecule has 1 fully saturated rings. The highest BCUT2D eigenvalue weighted by molar-refractivity contribution is 5.66. The van der Waals surface area contributed by atoms with E-state index >= 15 is 0 Å². The molecule has 1 saturated heterocycles. The standard InChI is InChI=1S/C14H19N5O2/c1-10-11(2)16-17-14(12(10)9-15)19-7-5-18(6-8-19)4-3-13(20)21/h3-8H2,1-2H3,(H,20,21). The number of hydrogen-bond acceptors (Lipinski definition) is 6. The Balaban J connectivity index is 2.05. The van der Waals surface area contributed by atoms with E-state index in [1.54, 1.807) is 0 Å². The van der Waals surface area contributed by atoms with Crippen LogP contribution in [0, 0.1) is 25.2 Å². The molecule has 7 nitrogen and oxygen atoms in total. The van der Waals surface area contributed by atoms with Crippen LogP contribution < -0.4 is 4.90 Å².